The third-order valence-electron chi connectivity index (χ3n) is 4.51. The van der Waals surface area contributed by atoms with Crippen molar-refractivity contribution in [3.63, 3.8) is 0 Å². The van der Waals surface area contributed by atoms with Crippen LogP contribution < -0.4 is 0 Å². The van der Waals surface area contributed by atoms with Gasteiger partial charge in [-0.3, -0.25) is 4.79 Å². The van der Waals surface area contributed by atoms with E-state index in [-0.39, 0.29) is 23.9 Å². The van der Waals surface area contributed by atoms with E-state index < -0.39 is 6.10 Å². The highest BCUT2D eigenvalue weighted by molar-refractivity contribution is 5.69. The first-order valence-electron chi connectivity index (χ1n) is 8.78. The van der Waals surface area contributed by atoms with Crippen molar-refractivity contribution in [2.75, 3.05) is 6.61 Å². The standard InChI is InChI=1S/C18H32O4/c1-3-5-6-7-15(19)10-8-14-9-12-17(20)16(14)11-13-18(21)22-4-2/h8,10,14-17,19-20H,3-7,9,11-13H2,1-2H3. The Morgan fingerprint density at radius 1 is 1.32 bits per heavy atom. The second kappa shape index (κ2) is 10.8. The number of carbonyl (C=O) groups is 1. The third kappa shape index (κ3) is 6.93. The molecule has 1 aliphatic rings. The van der Waals surface area contributed by atoms with Crippen molar-refractivity contribution in [1.29, 1.82) is 0 Å². The lowest BCUT2D eigenvalue weighted by Crippen LogP contribution is -2.20. The Morgan fingerprint density at radius 2 is 2.09 bits per heavy atom. The number of aliphatic hydroxyl groups excluding tert-OH is 2. The van der Waals surface area contributed by atoms with Crippen LogP contribution in [0.2, 0.25) is 0 Å². The van der Waals surface area contributed by atoms with Gasteiger partial charge in [-0.15, -0.1) is 0 Å². The smallest absolute Gasteiger partial charge is 0.305 e. The van der Waals surface area contributed by atoms with Crippen LogP contribution in [0.5, 0.6) is 0 Å². The van der Waals surface area contributed by atoms with Crippen molar-refractivity contribution in [3.8, 4) is 0 Å². The molecule has 0 amide bonds. The van der Waals surface area contributed by atoms with E-state index in [0.717, 1.165) is 38.5 Å². The van der Waals surface area contributed by atoms with Crippen LogP contribution in [-0.2, 0) is 9.53 Å². The van der Waals surface area contributed by atoms with Crippen LogP contribution in [0.15, 0.2) is 12.2 Å². The molecular weight excluding hydrogens is 280 g/mol. The molecule has 1 rings (SSSR count). The van der Waals surface area contributed by atoms with Crippen LogP contribution in [0.1, 0.15) is 65.2 Å². The molecular formula is C18H32O4. The van der Waals surface area contributed by atoms with E-state index in [1.165, 1.54) is 0 Å². The Labute approximate surface area is 134 Å². The highest BCUT2D eigenvalue weighted by Crippen LogP contribution is 2.36. The van der Waals surface area contributed by atoms with Crippen molar-refractivity contribution in [3.05, 3.63) is 12.2 Å². The Hall–Kier alpha value is -0.870. The lowest BCUT2D eigenvalue weighted by molar-refractivity contribution is -0.143. The van der Waals surface area contributed by atoms with E-state index in [2.05, 4.69) is 6.92 Å². The molecule has 1 fully saturated rings. The molecule has 2 N–H and O–H groups in total. The van der Waals surface area contributed by atoms with Gasteiger partial charge >= 0.3 is 5.97 Å². The Bertz CT molecular complexity index is 340. The molecule has 0 aromatic heterocycles. The molecule has 0 heterocycles. The highest BCUT2D eigenvalue weighted by Gasteiger charge is 2.33. The summed E-state index contributed by atoms with van der Waals surface area (Å²) in [6.45, 7) is 4.35. The fourth-order valence-corrected chi connectivity index (χ4v) is 3.21. The minimum atomic E-state index is -0.394. The first-order valence-corrected chi connectivity index (χ1v) is 8.78. The maximum absolute atomic E-state index is 11.5. The van der Waals surface area contributed by atoms with Crippen LogP contribution in [0.25, 0.3) is 0 Å². The predicted molar refractivity (Wildman–Crippen MR) is 87.4 cm³/mol. The summed E-state index contributed by atoms with van der Waals surface area (Å²) in [5.41, 5.74) is 0. The number of rotatable bonds is 10. The Balaban J connectivity index is 2.41. The number of esters is 1. The largest absolute Gasteiger partial charge is 0.466 e. The van der Waals surface area contributed by atoms with Crippen LogP contribution in [0.3, 0.4) is 0 Å². The zero-order chi connectivity index (χ0) is 16.4. The zero-order valence-corrected chi connectivity index (χ0v) is 14.0. The summed E-state index contributed by atoms with van der Waals surface area (Å²) in [6.07, 6.45) is 10.0. The molecule has 1 aliphatic carbocycles. The van der Waals surface area contributed by atoms with Gasteiger partial charge in [-0.1, -0.05) is 38.3 Å². The molecule has 4 heteroatoms. The van der Waals surface area contributed by atoms with E-state index >= 15 is 0 Å². The van der Waals surface area contributed by atoms with Crippen molar-refractivity contribution in [1.82, 2.24) is 0 Å². The minimum absolute atomic E-state index is 0.100. The maximum Gasteiger partial charge on any atom is 0.305 e. The predicted octanol–water partition coefficient (Wildman–Crippen LogP) is 3.21. The lowest BCUT2D eigenvalue weighted by Gasteiger charge is -2.19. The summed E-state index contributed by atoms with van der Waals surface area (Å²) in [6, 6.07) is 0. The molecule has 22 heavy (non-hydrogen) atoms. The summed E-state index contributed by atoms with van der Waals surface area (Å²) >= 11 is 0. The van der Waals surface area contributed by atoms with E-state index in [0.29, 0.717) is 19.4 Å². The van der Waals surface area contributed by atoms with E-state index in [1.807, 2.05) is 12.2 Å². The normalized spacial score (nSPS) is 26.5. The molecule has 0 aliphatic heterocycles. The average Bonchev–Trinajstić information content (AvgIpc) is 2.84. The van der Waals surface area contributed by atoms with Gasteiger partial charge < -0.3 is 14.9 Å². The molecule has 4 nitrogen and oxygen atoms in total. The van der Waals surface area contributed by atoms with Gasteiger partial charge in [0.1, 0.15) is 0 Å². The number of hydrogen-bond acceptors (Lipinski definition) is 4. The fourth-order valence-electron chi connectivity index (χ4n) is 3.21. The second-order valence-corrected chi connectivity index (χ2v) is 6.26. The summed E-state index contributed by atoms with van der Waals surface area (Å²) in [4.78, 5) is 11.5. The van der Waals surface area contributed by atoms with Gasteiger partial charge in [0.25, 0.3) is 0 Å². The fraction of sp³-hybridized carbons (Fsp3) is 0.833. The van der Waals surface area contributed by atoms with Gasteiger partial charge in [0.15, 0.2) is 0 Å². The molecule has 1 saturated carbocycles. The van der Waals surface area contributed by atoms with E-state index in [1.54, 1.807) is 6.92 Å². The number of carbonyl (C=O) groups excluding carboxylic acids is 1. The molecule has 0 saturated heterocycles. The number of hydrogen-bond donors (Lipinski definition) is 2. The molecule has 0 bridgehead atoms. The van der Waals surface area contributed by atoms with Gasteiger partial charge in [-0.05, 0) is 44.4 Å². The number of ether oxygens (including phenoxy) is 1. The molecule has 4 unspecified atom stereocenters. The van der Waals surface area contributed by atoms with E-state index in [9.17, 15) is 15.0 Å². The van der Waals surface area contributed by atoms with Gasteiger partial charge in [-0.25, -0.2) is 0 Å². The second-order valence-electron chi connectivity index (χ2n) is 6.26. The van der Waals surface area contributed by atoms with Gasteiger partial charge in [0, 0.05) is 6.42 Å². The lowest BCUT2D eigenvalue weighted by atomic mass is 9.89. The Morgan fingerprint density at radius 3 is 2.77 bits per heavy atom. The highest BCUT2D eigenvalue weighted by atomic mass is 16.5. The summed E-state index contributed by atoms with van der Waals surface area (Å²) in [5, 5.41) is 20.0. The van der Waals surface area contributed by atoms with Crippen molar-refractivity contribution in [2.45, 2.75) is 77.4 Å². The van der Waals surface area contributed by atoms with Gasteiger partial charge in [-0.2, -0.15) is 0 Å². The zero-order valence-electron chi connectivity index (χ0n) is 14.0. The SMILES string of the molecule is CCCCCC(O)C=CC1CCC(O)C1CCC(=O)OCC. The third-order valence-corrected chi connectivity index (χ3v) is 4.51. The molecule has 128 valence electrons. The van der Waals surface area contributed by atoms with Crippen LogP contribution in [-0.4, -0.2) is 35.0 Å². The van der Waals surface area contributed by atoms with Crippen molar-refractivity contribution >= 4 is 5.97 Å². The molecule has 0 aromatic rings. The summed E-state index contributed by atoms with van der Waals surface area (Å²) in [7, 11) is 0. The van der Waals surface area contributed by atoms with Crippen molar-refractivity contribution in [2.24, 2.45) is 11.8 Å². The number of allylic oxidation sites excluding steroid dienone is 1. The minimum Gasteiger partial charge on any atom is -0.466 e. The van der Waals surface area contributed by atoms with Gasteiger partial charge in [0.2, 0.25) is 0 Å². The monoisotopic (exact) mass is 312 g/mol. The Kier molecular flexibility index (Phi) is 9.41. The van der Waals surface area contributed by atoms with Crippen LogP contribution >= 0.6 is 0 Å². The molecule has 0 radical (unpaired) electrons. The van der Waals surface area contributed by atoms with Crippen molar-refractivity contribution < 1.29 is 19.7 Å². The number of aliphatic hydroxyl groups is 2. The first kappa shape index (κ1) is 19.2. The first-order chi connectivity index (χ1) is 10.6. The van der Waals surface area contributed by atoms with Crippen LogP contribution in [0.4, 0.5) is 0 Å². The quantitative estimate of drug-likeness (QED) is 0.369. The average molecular weight is 312 g/mol. The topological polar surface area (TPSA) is 66.8 Å². The molecule has 0 aromatic carbocycles. The molecule has 0 spiro atoms. The van der Waals surface area contributed by atoms with Crippen LogP contribution in [0, 0.1) is 11.8 Å². The maximum atomic E-state index is 11.5. The number of unbranched alkanes of at least 4 members (excludes halogenated alkanes) is 2. The van der Waals surface area contributed by atoms with Gasteiger partial charge in [0.05, 0.1) is 18.8 Å². The summed E-state index contributed by atoms with van der Waals surface area (Å²) < 4.78 is 4.95. The molecule has 4 atom stereocenters. The summed E-state index contributed by atoms with van der Waals surface area (Å²) in [5.74, 6) is 0.165. The van der Waals surface area contributed by atoms with E-state index in [4.69, 9.17) is 4.74 Å².